The van der Waals surface area contributed by atoms with Crippen molar-refractivity contribution in [3.05, 3.63) is 47.6 Å². The standard InChI is InChI=1S/C12H13N3O/c13-8-10-14-11(15-16-10)12(6-7-12)9-4-2-1-3-5-9/h1-5H,6-8,13H2. The first-order chi connectivity index (χ1) is 7.85. The third-order valence-corrected chi connectivity index (χ3v) is 3.15. The molecule has 0 amide bonds. The normalized spacial score (nSPS) is 17.3. The Morgan fingerprint density at radius 2 is 2.00 bits per heavy atom. The number of benzene rings is 1. The average molecular weight is 215 g/mol. The van der Waals surface area contributed by atoms with Crippen LogP contribution in [0.25, 0.3) is 0 Å². The molecule has 2 N–H and O–H groups in total. The smallest absolute Gasteiger partial charge is 0.240 e. The summed E-state index contributed by atoms with van der Waals surface area (Å²) in [4.78, 5) is 4.34. The van der Waals surface area contributed by atoms with Gasteiger partial charge in [0.2, 0.25) is 5.89 Å². The van der Waals surface area contributed by atoms with Gasteiger partial charge in [0, 0.05) is 0 Å². The molecule has 1 fully saturated rings. The third-order valence-electron chi connectivity index (χ3n) is 3.15. The molecule has 1 aliphatic rings. The summed E-state index contributed by atoms with van der Waals surface area (Å²) in [7, 11) is 0. The maximum absolute atomic E-state index is 5.47. The number of nitrogens with zero attached hydrogens (tertiary/aromatic N) is 2. The van der Waals surface area contributed by atoms with Gasteiger partial charge in [-0.2, -0.15) is 4.98 Å². The zero-order valence-corrected chi connectivity index (χ0v) is 8.89. The van der Waals surface area contributed by atoms with Crippen LogP contribution >= 0.6 is 0 Å². The van der Waals surface area contributed by atoms with Crippen LogP contribution in [0.3, 0.4) is 0 Å². The number of hydrogen-bond acceptors (Lipinski definition) is 4. The van der Waals surface area contributed by atoms with E-state index in [1.54, 1.807) is 0 Å². The number of aromatic nitrogens is 2. The van der Waals surface area contributed by atoms with Crippen LogP contribution in [-0.2, 0) is 12.0 Å². The van der Waals surface area contributed by atoms with E-state index < -0.39 is 0 Å². The molecular weight excluding hydrogens is 202 g/mol. The van der Waals surface area contributed by atoms with Gasteiger partial charge in [-0.3, -0.25) is 0 Å². The lowest BCUT2D eigenvalue weighted by atomic mass is 9.95. The van der Waals surface area contributed by atoms with Gasteiger partial charge >= 0.3 is 0 Å². The summed E-state index contributed by atoms with van der Waals surface area (Å²) in [5, 5.41) is 4.03. The van der Waals surface area contributed by atoms with E-state index in [0.29, 0.717) is 12.4 Å². The summed E-state index contributed by atoms with van der Waals surface area (Å²) < 4.78 is 5.08. The van der Waals surface area contributed by atoms with Crippen LogP contribution in [0.2, 0.25) is 0 Å². The molecule has 1 heterocycles. The Morgan fingerprint density at radius 3 is 2.56 bits per heavy atom. The second-order valence-corrected chi connectivity index (χ2v) is 4.16. The molecule has 1 aliphatic carbocycles. The van der Waals surface area contributed by atoms with Crippen molar-refractivity contribution in [3.63, 3.8) is 0 Å². The largest absolute Gasteiger partial charge is 0.338 e. The van der Waals surface area contributed by atoms with E-state index in [1.807, 2.05) is 18.2 Å². The van der Waals surface area contributed by atoms with Crippen LogP contribution in [0.4, 0.5) is 0 Å². The van der Waals surface area contributed by atoms with Crippen molar-refractivity contribution in [2.75, 3.05) is 0 Å². The predicted octanol–water partition coefficient (Wildman–Crippen LogP) is 1.61. The summed E-state index contributed by atoms with van der Waals surface area (Å²) in [5.41, 5.74) is 6.72. The molecule has 4 nitrogen and oxygen atoms in total. The maximum atomic E-state index is 5.47. The van der Waals surface area contributed by atoms with Crippen LogP contribution < -0.4 is 5.73 Å². The Bertz CT molecular complexity index is 488. The SMILES string of the molecule is NCc1nc(C2(c3ccccc3)CC2)no1. The minimum absolute atomic E-state index is 0.0157. The fourth-order valence-electron chi connectivity index (χ4n) is 2.06. The topological polar surface area (TPSA) is 64.9 Å². The Hall–Kier alpha value is -1.68. The van der Waals surface area contributed by atoms with Gasteiger partial charge in [0.25, 0.3) is 0 Å². The van der Waals surface area contributed by atoms with Crippen molar-refractivity contribution < 1.29 is 4.52 Å². The van der Waals surface area contributed by atoms with Gasteiger partial charge in [-0.05, 0) is 18.4 Å². The molecule has 1 aromatic heterocycles. The van der Waals surface area contributed by atoms with Crippen LogP contribution in [0.15, 0.2) is 34.9 Å². The van der Waals surface area contributed by atoms with Gasteiger partial charge < -0.3 is 10.3 Å². The molecule has 0 aliphatic heterocycles. The maximum Gasteiger partial charge on any atom is 0.240 e. The molecule has 3 rings (SSSR count). The minimum Gasteiger partial charge on any atom is -0.338 e. The molecule has 16 heavy (non-hydrogen) atoms. The molecule has 2 aromatic rings. The first-order valence-corrected chi connectivity index (χ1v) is 5.44. The lowest BCUT2D eigenvalue weighted by Gasteiger charge is -2.09. The monoisotopic (exact) mass is 215 g/mol. The van der Waals surface area contributed by atoms with Crippen molar-refractivity contribution in [1.82, 2.24) is 10.1 Å². The Labute approximate surface area is 93.5 Å². The summed E-state index contributed by atoms with van der Waals surface area (Å²) >= 11 is 0. The summed E-state index contributed by atoms with van der Waals surface area (Å²) in [6.45, 7) is 0.303. The van der Waals surface area contributed by atoms with Crippen molar-refractivity contribution >= 4 is 0 Å². The zero-order valence-electron chi connectivity index (χ0n) is 8.89. The van der Waals surface area contributed by atoms with Crippen molar-refractivity contribution in [2.24, 2.45) is 5.73 Å². The van der Waals surface area contributed by atoms with Crippen molar-refractivity contribution in [2.45, 2.75) is 24.8 Å². The average Bonchev–Trinajstić information content (AvgIpc) is 3.02. The molecule has 4 heteroatoms. The quantitative estimate of drug-likeness (QED) is 0.844. The fraction of sp³-hybridized carbons (Fsp3) is 0.333. The van der Waals surface area contributed by atoms with Gasteiger partial charge in [0.05, 0.1) is 12.0 Å². The summed E-state index contributed by atoms with van der Waals surface area (Å²) in [6, 6.07) is 10.3. The second-order valence-electron chi connectivity index (χ2n) is 4.16. The van der Waals surface area contributed by atoms with Crippen molar-refractivity contribution in [1.29, 1.82) is 0 Å². The van der Waals surface area contributed by atoms with E-state index in [-0.39, 0.29) is 5.41 Å². The van der Waals surface area contributed by atoms with Crippen molar-refractivity contribution in [3.8, 4) is 0 Å². The molecule has 0 bridgehead atoms. The van der Waals surface area contributed by atoms with Gasteiger partial charge in [-0.1, -0.05) is 35.5 Å². The molecule has 0 spiro atoms. The molecule has 1 aromatic carbocycles. The van der Waals surface area contributed by atoms with Crippen LogP contribution in [0, 0.1) is 0 Å². The van der Waals surface area contributed by atoms with Gasteiger partial charge in [-0.25, -0.2) is 0 Å². The Morgan fingerprint density at radius 1 is 1.25 bits per heavy atom. The lowest BCUT2D eigenvalue weighted by Crippen LogP contribution is -2.11. The van der Waals surface area contributed by atoms with Crippen LogP contribution in [-0.4, -0.2) is 10.1 Å². The van der Waals surface area contributed by atoms with E-state index in [0.717, 1.165) is 18.7 Å². The summed E-state index contributed by atoms with van der Waals surface area (Å²) in [5.74, 6) is 1.29. The van der Waals surface area contributed by atoms with Gasteiger partial charge in [0.1, 0.15) is 0 Å². The number of rotatable bonds is 3. The van der Waals surface area contributed by atoms with E-state index in [1.165, 1.54) is 5.56 Å². The fourth-order valence-corrected chi connectivity index (χ4v) is 2.06. The molecule has 0 unspecified atom stereocenters. The highest BCUT2D eigenvalue weighted by molar-refractivity contribution is 5.38. The highest BCUT2D eigenvalue weighted by Crippen LogP contribution is 2.52. The van der Waals surface area contributed by atoms with Gasteiger partial charge in [-0.15, -0.1) is 0 Å². The van der Waals surface area contributed by atoms with E-state index in [4.69, 9.17) is 10.3 Å². The lowest BCUT2D eigenvalue weighted by molar-refractivity contribution is 0.372. The first kappa shape index (κ1) is 9.54. The predicted molar refractivity (Wildman–Crippen MR) is 58.6 cm³/mol. The zero-order chi connectivity index (χ0) is 11.0. The third kappa shape index (κ3) is 1.34. The molecular formula is C12H13N3O. The number of hydrogen-bond donors (Lipinski definition) is 1. The molecule has 82 valence electrons. The van der Waals surface area contributed by atoms with E-state index >= 15 is 0 Å². The van der Waals surface area contributed by atoms with Gasteiger partial charge in [0.15, 0.2) is 5.82 Å². The Kier molecular flexibility index (Phi) is 2.04. The van der Waals surface area contributed by atoms with Crippen LogP contribution in [0.5, 0.6) is 0 Å². The van der Waals surface area contributed by atoms with E-state index in [9.17, 15) is 0 Å². The van der Waals surface area contributed by atoms with Crippen LogP contribution in [0.1, 0.15) is 30.1 Å². The molecule has 0 saturated heterocycles. The second kappa shape index (κ2) is 3.42. The van der Waals surface area contributed by atoms with E-state index in [2.05, 4.69) is 22.3 Å². The molecule has 1 saturated carbocycles. The minimum atomic E-state index is -0.0157. The molecule has 0 atom stereocenters. The highest BCUT2D eigenvalue weighted by Gasteiger charge is 2.49. The Balaban J connectivity index is 2.00. The number of nitrogens with two attached hydrogens (primary N) is 1. The summed E-state index contributed by atoms with van der Waals surface area (Å²) in [6.07, 6.45) is 2.17. The first-order valence-electron chi connectivity index (χ1n) is 5.44. The molecule has 0 radical (unpaired) electrons. The highest BCUT2D eigenvalue weighted by atomic mass is 16.5.